The van der Waals surface area contributed by atoms with Crippen LogP contribution in [0.3, 0.4) is 0 Å². The smallest absolute Gasteiger partial charge is 0.277 e. The minimum Gasteiger partial charge on any atom is -0.395 e. The number of nitrogens with one attached hydrogen (secondary N) is 1. The Kier molecular flexibility index (Phi) is 8.80. The van der Waals surface area contributed by atoms with Gasteiger partial charge in [0.15, 0.2) is 0 Å². The van der Waals surface area contributed by atoms with Crippen molar-refractivity contribution in [3.05, 3.63) is 134 Å². The molecule has 5 rings (SSSR count). The number of benzene rings is 3. The number of carbonyl (C=O) groups is 1. The molecule has 0 saturated carbocycles. The molecular weight excluding hydrogens is 556 g/mol. The van der Waals surface area contributed by atoms with Crippen molar-refractivity contribution < 1.29 is 14.8 Å². The molecule has 0 aliphatic carbocycles. The number of nitrogens with zero attached hydrogens (tertiary/aromatic N) is 3. The lowest BCUT2D eigenvalue weighted by atomic mass is 10.0. The molecule has 0 fully saturated rings. The molecule has 0 aliphatic heterocycles. The van der Waals surface area contributed by atoms with E-state index in [-0.39, 0.29) is 36.7 Å². The minimum atomic E-state index is -0.905. The number of carbonyl (C=O) groups excluding carboxylic acids is 1. The van der Waals surface area contributed by atoms with Crippen molar-refractivity contribution >= 4 is 34.1 Å². The number of aliphatic hydroxyl groups is 1. The van der Waals surface area contributed by atoms with E-state index in [1.807, 2.05) is 60.8 Å². The molecule has 9 nitrogen and oxygen atoms in total. The van der Waals surface area contributed by atoms with Crippen LogP contribution in [0.4, 0.5) is 5.69 Å². The summed E-state index contributed by atoms with van der Waals surface area (Å²) in [6.45, 7) is 0.214. The molecule has 1 unspecified atom stereocenters. The van der Waals surface area contributed by atoms with Crippen molar-refractivity contribution in [3.8, 4) is 11.1 Å². The lowest BCUT2D eigenvalue weighted by Crippen LogP contribution is -2.43. The fourth-order valence-electron chi connectivity index (χ4n) is 5.21. The van der Waals surface area contributed by atoms with E-state index in [4.69, 9.17) is 11.6 Å². The van der Waals surface area contributed by atoms with Gasteiger partial charge in [-0.25, -0.2) is 0 Å². The fourth-order valence-corrected chi connectivity index (χ4v) is 5.39. The third-order valence-corrected chi connectivity index (χ3v) is 7.55. The van der Waals surface area contributed by atoms with Gasteiger partial charge in [0, 0.05) is 60.0 Å². The first-order valence-electron chi connectivity index (χ1n) is 13.5. The van der Waals surface area contributed by atoms with Gasteiger partial charge in [-0.2, -0.15) is 0 Å². The van der Waals surface area contributed by atoms with E-state index >= 15 is 0 Å². The Morgan fingerprint density at radius 3 is 2.52 bits per heavy atom. The molecule has 10 heteroatoms. The van der Waals surface area contributed by atoms with E-state index in [1.54, 1.807) is 11.0 Å². The van der Waals surface area contributed by atoms with Gasteiger partial charge in [0.2, 0.25) is 5.91 Å². The van der Waals surface area contributed by atoms with Gasteiger partial charge in [0.1, 0.15) is 6.04 Å². The summed E-state index contributed by atoms with van der Waals surface area (Å²) >= 11 is 6.11. The van der Waals surface area contributed by atoms with Crippen molar-refractivity contribution in [3.63, 3.8) is 0 Å². The van der Waals surface area contributed by atoms with E-state index in [9.17, 15) is 24.8 Å². The second kappa shape index (κ2) is 12.8. The summed E-state index contributed by atoms with van der Waals surface area (Å²) in [6, 6.07) is 23.4. The zero-order valence-corrected chi connectivity index (χ0v) is 23.4. The van der Waals surface area contributed by atoms with E-state index in [2.05, 4.69) is 4.98 Å². The summed E-state index contributed by atoms with van der Waals surface area (Å²) in [6.07, 6.45) is 4.21. The number of nitro groups is 1. The van der Waals surface area contributed by atoms with Gasteiger partial charge < -0.3 is 19.6 Å². The fraction of sp³-hybridized carbons (Fsp3) is 0.188. The molecule has 2 aromatic heterocycles. The highest BCUT2D eigenvalue weighted by Crippen LogP contribution is 2.32. The number of H-pyrrole nitrogens is 1. The van der Waals surface area contributed by atoms with Gasteiger partial charge >= 0.3 is 0 Å². The van der Waals surface area contributed by atoms with Gasteiger partial charge in [0.05, 0.1) is 17.1 Å². The van der Waals surface area contributed by atoms with Gasteiger partial charge in [0.25, 0.3) is 11.2 Å². The number of hydrogen-bond acceptors (Lipinski definition) is 5. The number of amides is 1. The van der Waals surface area contributed by atoms with E-state index in [0.29, 0.717) is 23.6 Å². The Labute approximate surface area is 246 Å². The zero-order chi connectivity index (χ0) is 29.6. The van der Waals surface area contributed by atoms with E-state index in [1.165, 1.54) is 35.0 Å². The van der Waals surface area contributed by atoms with Crippen molar-refractivity contribution in [2.45, 2.75) is 18.9 Å². The number of hydrogen-bond donors (Lipinski definition) is 2. The van der Waals surface area contributed by atoms with Gasteiger partial charge in [-0.1, -0.05) is 60.1 Å². The SMILES string of the molecule is O=C(C(Cc1ccccc1)n1ccc(-c2cc(Cl)ccc2[N+](=O)[O-])cc1=O)N(CCO)CCc1c[nH]c2ccccc12. The van der Waals surface area contributed by atoms with Gasteiger partial charge in [-0.05, 0) is 47.4 Å². The Bertz CT molecular complexity index is 1780. The van der Waals surface area contributed by atoms with Crippen LogP contribution >= 0.6 is 11.6 Å². The van der Waals surface area contributed by atoms with Crippen LogP contribution in [0.1, 0.15) is 17.2 Å². The number of fused-ring (bicyclic) bond motifs is 1. The van der Waals surface area contributed by atoms with Crippen LogP contribution in [-0.2, 0) is 17.6 Å². The first-order chi connectivity index (χ1) is 20.4. The molecule has 0 aliphatic rings. The van der Waals surface area contributed by atoms with Crippen molar-refractivity contribution in [1.82, 2.24) is 14.5 Å². The number of aromatic amines is 1. The van der Waals surface area contributed by atoms with Crippen LogP contribution in [0, 0.1) is 10.1 Å². The first kappa shape index (κ1) is 28.8. The molecule has 0 saturated heterocycles. The normalized spacial score (nSPS) is 11.9. The summed E-state index contributed by atoms with van der Waals surface area (Å²) in [4.78, 5) is 43.5. The molecule has 42 heavy (non-hydrogen) atoms. The molecule has 2 N–H and O–H groups in total. The summed E-state index contributed by atoms with van der Waals surface area (Å²) in [5.74, 6) is -0.309. The molecular formula is C32H29ClN4O5. The third kappa shape index (κ3) is 6.27. The number of nitro benzene ring substituents is 1. The maximum Gasteiger partial charge on any atom is 0.277 e. The number of rotatable bonds is 11. The van der Waals surface area contributed by atoms with Gasteiger partial charge in [-0.15, -0.1) is 0 Å². The molecule has 214 valence electrons. The van der Waals surface area contributed by atoms with Crippen LogP contribution < -0.4 is 5.56 Å². The van der Waals surface area contributed by atoms with Crippen LogP contribution in [0.25, 0.3) is 22.0 Å². The topological polar surface area (TPSA) is 121 Å². The van der Waals surface area contributed by atoms with Crippen LogP contribution in [-0.4, -0.2) is 50.1 Å². The quantitative estimate of drug-likeness (QED) is 0.159. The third-order valence-electron chi connectivity index (χ3n) is 7.31. The standard InChI is InChI=1S/C32H29ClN4O5/c33-25-10-11-29(37(41)42)27(20-25)23-13-15-36(31(39)19-23)30(18-22-6-2-1-3-7-22)32(40)35(16-17-38)14-12-24-21-34-28-9-5-4-8-26(24)28/h1-11,13,15,19-21,30,34,38H,12,14,16-18H2. The molecule has 0 spiro atoms. The highest BCUT2D eigenvalue weighted by molar-refractivity contribution is 6.31. The first-order valence-corrected chi connectivity index (χ1v) is 13.9. The van der Waals surface area contributed by atoms with Crippen LogP contribution in [0.5, 0.6) is 0 Å². The predicted octanol–water partition coefficient (Wildman–Crippen LogP) is 5.41. The van der Waals surface area contributed by atoms with Crippen LogP contribution in [0.2, 0.25) is 5.02 Å². The summed E-state index contributed by atoms with van der Waals surface area (Å²) in [5.41, 5.74) is 2.77. The van der Waals surface area contributed by atoms with Crippen molar-refractivity contribution in [2.75, 3.05) is 19.7 Å². The number of halogens is 1. The largest absolute Gasteiger partial charge is 0.395 e. The average Bonchev–Trinajstić information content (AvgIpc) is 3.41. The Morgan fingerprint density at radius 2 is 1.79 bits per heavy atom. The Hall–Kier alpha value is -4.73. The van der Waals surface area contributed by atoms with Crippen molar-refractivity contribution in [1.29, 1.82) is 0 Å². The maximum absolute atomic E-state index is 14.1. The second-order valence-electron chi connectivity index (χ2n) is 9.94. The zero-order valence-electron chi connectivity index (χ0n) is 22.7. The second-order valence-corrected chi connectivity index (χ2v) is 10.4. The Balaban J connectivity index is 1.49. The molecule has 0 radical (unpaired) electrons. The summed E-state index contributed by atoms with van der Waals surface area (Å²) in [7, 11) is 0. The Morgan fingerprint density at radius 1 is 1.02 bits per heavy atom. The molecule has 0 bridgehead atoms. The average molecular weight is 585 g/mol. The molecule has 1 atom stereocenters. The van der Waals surface area contributed by atoms with E-state index < -0.39 is 16.5 Å². The molecule has 3 aromatic carbocycles. The number of aromatic nitrogens is 2. The molecule has 2 heterocycles. The summed E-state index contributed by atoms with van der Waals surface area (Å²) < 4.78 is 1.35. The maximum atomic E-state index is 14.1. The number of aliphatic hydroxyl groups excluding tert-OH is 1. The lowest BCUT2D eigenvalue weighted by molar-refractivity contribution is -0.384. The molecule has 5 aromatic rings. The summed E-state index contributed by atoms with van der Waals surface area (Å²) in [5, 5.41) is 22.8. The number of pyridine rings is 1. The lowest BCUT2D eigenvalue weighted by Gasteiger charge is -2.28. The van der Waals surface area contributed by atoms with Crippen molar-refractivity contribution in [2.24, 2.45) is 0 Å². The molecule has 1 amide bonds. The highest BCUT2D eigenvalue weighted by Gasteiger charge is 2.28. The minimum absolute atomic E-state index is 0.105. The number of para-hydroxylation sites is 1. The highest BCUT2D eigenvalue weighted by atomic mass is 35.5. The van der Waals surface area contributed by atoms with E-state index in [0.717, 1.165) is 22.0 Å². The predicted molar refractivity (Wildman–Crippen MR) is 163 cm³/mol. The van der Waals surface area contributed by atoms with Gasteiger partial charge in [-0.3, -0.25) is 19.7 Å². The van der Waals surface area contributed by atoms with Crippen LogP contribution in [0.15, 0.2) is 102 Å². The monoisotopic (exact) mass is 584 g/mol.